The third-order valence-electron chi connectivity index (χ3n) is 3.64. The summed E-state index contributed by atoms with van der Waals surface area (Å²) in [6, 6.07) is 11.1. The van der Waals surface area contributed by atoms with E-state index in [9.17, 15) is 9.59 Å². The van der Waals surface area contributed by atoms with Gasteiger partial charge in [0.1, 0.15) is 12.4 Å². The molecule has 0 bridgehead atoms. The van der Waals surface area contributed by atoms with Crippen molar-refractivity contribution in [3.05, 3.63) is 63.1 Å². The summed E-state index contributed by atoms with van der Waals surface area (Å²) in [6.45, 7) is 3.17. The summed E-state index contributed by atoms with van der Waals surface area (Å²) in [5.41, 5.74) is -0.813. The summed E-state index contributed by atoms with van der Waals surface area (Å²) < 4.78 is 10.8. The van der Waals surface area contributed by atoms with Crippen LogP contribution in [0.2, 0.25) is 15.1 Å². The van der Waals surface area contributed by atoms with Crippen LogP contribution in [0.15, 0.2) is 42.5 Å². The van der Waals surface area contributed by atoms with Crippen molar-refractivity contribution < 1.29 is 19.1 Å². The predicted molar refractivity (Wildman–Crippen MR) is 110 cm³/mol. The van der Waals surface area contributed by atoms with E-state index in [0.29, 0.717) is 15.8 Å². The Hall–Kier alpha value is -1.27. The van der Waals surface area contributed by atoms with Crippen LogP contribution in [0.5, 0.6) is 5.75 Å². The predicted octanol–water partition coefficient (Wildman–Crippen LogP) is 6.20. The number of esters is 1. The molecule has 1 atom stereocenters. The molecule has 0 amide bonds. The fourth-order valence-electron chi connectivity index (χ4n) is 2.04. The molecular weight excluding hydrogens is 478 g/mol. The second kappa shape index (κ2) is 9.28. The lowest BCUT2D eigenvalue weighted by molar-refractivity contribution is -0.132. The number of halogens is 4. The van der Waals surface area contributed by atoms with Gasteiger partial charge in [0, 0.05) is 10.0 Å². The molecule has 0 saturated heterocycles. The summed E-state index contributed by atoms with van der Waals surface area (Å²) in [4.78, 5) is 24.9. The van der Waals surface area contributed by atoms with Gasteiger partial charge in [-0.25, -0.2) is 4.79 Å². The van der Waals surface area contributed by atoms with Gasteiger partial charge in [-0.2, -0.15) is 0 Å². The fourth-order valence-corrected chi connectivity index (χ4v) is 3.49. The van der Waals surface area contributed by atoms with Crippen LogP contribution in [0.25, 0.3) is 0 Å². The molecule has 0 N–H and O–H groups in total. The normalized spacial score (nSPS) is 12.4. The van der Waals surface area contributed by atoms with Gasteiger partial charge in [0.2, 0.25) is 5.01 Å². The van der Waals surface area contributed by atoms with Gasteiger partial charge in [0.05, 0.1) is 16.0 Å². The van der Waals surface area contributed by atoms with Crippen molar-refractivity contribution in [3.8, 4) is 5.75 Å². The standard InChI is InChI=1S/C19H16BrCl3O4/c1-19(2,10-26-18(25)14-8-5-12(22)9-15(14)23)16(24)17(20)27-13-6-3-11(21)4-7-13/h3-9,17H,10H2,1-2H3. The van der Waals surface area contributed by atoms with E-state index in [1.165, 1.54) is 18.2 Å². The molecule has 2 aromatic carbocycles. The Balaban J connectivity index is 1.98. The van der Waals surface area contributed by atoms with Crippen LogP contribution in [0.3, 0.4) is 0 Å². The largest absolute Gasteiger partial charge is 0.471 e. The maximum absolute atomic E-state index is 12.7. The zero-order valence-corrected chi connectivity index (χ0v) is 18.3. The first-order valence-electron chi connectivity index (χ1n) is 7.83. The lowest BCUT2D eigenvalue weighted by Gasteiger charge is -2.25. The molecule has 4 nitrogen and oxygen atoms in total. The van der Waals surface area contributed by atoms with Crippen molar-refractivity contribution in [1.29, 1.82) is 0 Å². The highest BCUT2D eigenvalue weighted by Crippen LogP contribution is 2.27. The molecule has 0 aromatic heterocycles. The molecule has 27 heavy (non-hydrogen) atoms. The van der Waals surface area contributed by atoms with Crippen LogP contribution in [-0.2, 0) is 9.53 Å². The molecule has 0 saturated carbocycles. The van der Waals surface area contributed by atoms with Gasteiger partial charge < -0.3 is 9.47 Å². The minimum absolute atomic E-state index is 0.143. The van der Waals surface area contributed by atoms with Crippen LogP contribution in [0, 0.1) is 5.41 Å². The first kappa shape index (κ1) is 22.0. The van der Waals surface area contributed by atoms with Crippen LogP contribution >= 0.6 is 50.7 Å². The van der Waals surface area contributed by atoms with Crippen molar-refractivity contribution in [2.75, 3.05) is 6.61 Å². The van der Waals surface area contributed by atoms with Crippen molar-refractivity contribution >= 4 is 62.5 Å². The summed E-state index contributed by atoms with van der Waals surface area (Å²) in [5, 5.41) is 0.244. The van der Waals surface area contributed by atoms with Gasteiger partial charge in [-0.15, -0.1) is 0 Å². The number of hydrogen-bond acceptors (Lipinski definition) is 4. The van der Waals surface area contributed by atoms with Crippen LogP contribution < -0.4 is 4.74 Å². The molecular formula is C19H16BrCl3O4. The van der Waals surface area contributed by atoms with E-state index in [1.807, 2.05) is 0 Å². The third-order valence-corrected chi connectivity index (χ3v) is 5.04. The van der Waals surface area contributed by atoms with E-state index >= 15 is 0 Å². The number of rotatable bonds is 7. The third kappa shape index (κ3) is 6.11. The second-order valence-corrected chi connectivity index (χ2v) is 8.45. The Labute approximate surface area is 180 Å². The molecule has 0 heterocycles. The van der Waals surface area contributed by atoms with Crippen molar-refractivity contribution in [2.45, 2.75) is 18.9 Å². The summed E-state index contributed by atoms with van der Waals surface area (Å²) in [6.07, 6.45) is 0. The number of Topliss-reactive ketones (excluding diaryl/α,β-unsaturated/α-hetero) is 1. The number of alkyl halides is 1. The SMILES string of the molecule is CC(C)(COC(=O)c1ccc(Cl)cc1Cl)C(=O)C(Br)Oc1ccc(Cl)cc1. The summed E-state index contributed by atoms with van der Waals surface area (Å²) in [5.74, 6) is -0.440. The highest BCUT2D eigenvalue weighted by molar-refractivity contribution is 9.09. The Morgan fingerprint density at radius 2 is 1.63 bits per heavy atom. The van der Waals surface area contributed by atoms with Gasteiger partial charge in [-0.05, 0) is 72.2 Å². The molecule has 0 aliphatic carbocycles. The zero-order valence-electron chi connectivity index (χ0n) is 14.5. The van der Waals surface area contributed by atoms with E-state index in [1.54, 1.807) is 38.1 Å². The number of ether oxygens (including phenoxy) is 2. The molecule has 2 aromatic rings. The zero-order chi connectivity index (χ0) is 20.2. The quantitative estimate of drug-likeness (QED) is 0.340. The first-order chi connectivity index (χ1) is 12.6. The molecule has 0 spiro atoms. The lowest BCUT2D eigenvalue weighted by atomic mass is 9.89. The minimum atomic E-state index is -0.991. The molecule has 0 radical (unpaired) electrons. The van der Waals surface area contributed by atoms with Gasteiger partial charge in [-0.3, -0.25) is 4.79 Å². The number of benzene rings is 2. The Bertz CT molecular complexity index is 837. The molecule has 1 unspecified atom stereocenters. The topological polar surface area (TPSA) is 52.6 Å². The monoisotopic (exact) mass is 492 g/mol. The lowest BCUT2D eigenvalue weighted by Crippen LogP contribution is -2.38. The average Bonchev–Trinajstić information content (AvgIpc) is 2.61. The van der Waals surface area contributed by atoms with Crippen LogP contribution in [0.1, 0.15) is 24.2 Å². The van der Waals surface area contributed by atoms with E-state index in [-0.39, 0.29) is 23.0 Å². The maximum atomic E-state index is 12.7. The van der Waals surface area contributed by atoms with Crippen molar-refractivity contribution in [1.82, 2.24) is 0 Å². The van der Waals surface area contributed by atoms with Crippen LogP contribution in [-0.4, -0.2) is 23.4 Å². The number of carbonyl (C=O) groups excluding carboxylic acids is 2. The average molecular weight is 495 g/mol. The van der Waals surface area contributed by atoms with E-state index in [0.717, 1.165) is 0 Å². The van der Waals surface area contributed by atoms with Gasteiger partial charge in [0.15, 0.2) is 5.78 Å². The summed E-state index contributed by atoms with van der Waals surface area (Å²) >= 11 is 20.9. The number of hydrogen-bond donors (Lipinski definition) is 0. The number of carbonyl (C=O) groups is 2. The van der Waals surface area contributed by atoms with E-state index in [4.69, 9.17) is 44.3 Å². The highest BCUT2D eigenvalue weighted by atomic mass is 79.9. The first-order valence-corrected chi connectivity index (χ1v) is 9.88. The smallest absolute Gasteiger partial charge is 0.339 e. The Kier molecular flexibility index (Phi) is 7.57. The molecule has 0 aliphatic rings. The van der Waals surface area contributed by atoms with E-state index < -0.39 is 16.4 Å². The van der Waals surface area contributed by atoms with Crippen molar-refractivity contribution in [3.63, 3.8) is 0 Å². The maximum Gasteiger partial charge on any atom is 0.339 e. The molecule has 0 aliphatic heterocycles. The van der Waals surface area contributed by atoms with Crippen LogP contribution in [0.4, 0.5) is 0 Å². The van der Waals surface area contributed by atoms with Crippen molar-refractivity contribution in [2.24, 2.45) is 5.41 Å². The van der Waals surface area contributed by atoms with Gasteiger partial charge >= 0.3 is 5.97 Å². The molecule has 144 valence electrons. The summed E-state index contributed by atoms with van der Waals surface area (Å²) in [7, 11) is 0. The van der Waals surface area contributed by atoms with E-state index in [2.05, 4.69) is 15.9 Å². The Morgan fingerprint density at radius 1 is 1.04 bits per heavy atom. The highest BCUT2D eigenvalue weighted by Gasteiger charge is 2.35. The van der Waals surface area contributed by atoms with Gasteiger partial charge in [-0.1, -0.05) is 34.8 Å². The molecule has 0 fully saturated rings. The Morgan fingerprint density at radius 3 is 2.22 bits per heavy atom. The number of ketones is 1. The molecule has 2 rings (SSSR count). The minimum Gasteiger partial charge on any atom is -0.471 e. The van der Waals surface area contributed by atoms with Gasteiger partial charge in [0.25, 0.3) is 0 Å². The molecule has 8 heteroatoms. The fraction of sp³-hybridized carbons (Fsp3) is 0.263. The second-order valence-electron chi connectivity index (χ2n) is 6.34.